The van der Waals surface area contributed by atoms with Gasteiger partial charge >= 0.3 is 5.97 Å². The average molecular weight is 493 g/mol. The molecule has 184 valence electrons. The fourth-order valence-electron chi connectivity index (χ4n) is 5.04. The molecule has 5 rings (SSSR count). The third-order valence-corrected chi connectivity index (χ3v) is 6.74. The summed E-state index contributed by atoms with van der Waals surface area (Å²) >= 11 is 0. The maximum absolute atomic E-state index is 14.3. The molecule has 0 saturated heterocycles. The Morgan fingerprint density at radius 1 is 1.08 bits per heavy atom. The van der Waals surface area contributed by atoms with Gasteiger partial charge in [0.1, 0.15) is 22.7 Å². The summed E-state index contributed by atoms with van der Waals surface area (Å²) in [7, 11) is 0. The van der Waals surface area contributed by atoms with Gasteiger partial charge in [-0.1, -0.05) is 0 Å². The van der Waals surface area contributed by atoms with Crippen molar-refractivity contribution in [2.75, 3.05) is 5.32 Å². The lowest BCUT2D eigenvalue weighted by Crippen LogP contribution is -2.16. The molecule has 8 heteroatoms. The molecular formula is C28H22F3NO4. The topological polar surface area (TPSA) is 79.5 Å². The number of benzene rings is 3. The second-order valence-electron chi connectivity index (χ2n) is 9.01. The van der Waals surface area contributed by atoms with Crippen molar-refractivity contribution in [2.45, 2.75) is 39.2 Å². The van der Waals surface area contributed by atoms with Crippen LogP contribution in [0.3, 0.4) is 0 Å². The lowest BCUT2D eigenvalue weighted by Gasteiger charge is -2.22. The molecule has 0 unspecified atom stereocenters. The van der Waals surface area contributed by atoms with E-state index >= 15 is 0 Å². The number of nitrogens with one attached hydrogen (secondary N) is 1. The van der Waals surface area contributed by atoms with Gasteiger partial charge in [0.25, 0.3) is 0 Å². The van der Waals surface area contributed by atoms with Crippen LogP contribution in [-0.2, 0) is 12.8 Å². The molecule has 1 atom stereocenters. The fraction of sp³-hybridized carbons (Fsp3) is 0.214. The number of hydrogen-bond acceptors (Lipinski definition) is 4. The van der Waals surface area contributed by atoms with E-state index in [-0.39, 0.29) is 11.1 Å². The highest BCUT2D eigenvalue weighted by molar-refractivity contribution is 5.95. The number of carboxylic acid groups (broad SMARTS) is 1. The van der Waals surface area contributed by atoms with Gasteiger partial charge in [-0.25, -0.2) is 18.0 Å². The summed E-state index contributed by atoms with van der Waals surface area (Å²) in [5.74, 6) is -4.44. The van der Waals surface area contributed by atoms with Gasteiger partial charge in [0.15, 0.2) is 17.1 Å². The molecule has 0 bridgehead atoms. The second-order valence-corrected chi connectivity index (χ2v) is 9.01. The summed E-state index contributed by atoms with van der Waals surface area (Å²) in [5.41, 5.74) is 2.74. The number of carboxylic acids is 1. The Morgan fingerprint density at radius 2 is 1.81 bits per heavy atom. The Kier molecular flexibility index (Phi) is 5.82. The Labute approximate surface area is 204 Å². The number of anilines is 1. The molecule has 0 spiro atoms. The predicted molar refractivity (Wildman–Crippen MR) is 130 cm³/mol. The van der Waals surface area contributed by atoms with Crippen LogP contribution < -0.4 is 10.7 Å². The minimum absolute atomic E-state index is 0.0918. The minimum Gasteiger partial charge on any atom is -0.478 e. The van der Waals surface area contributed by atoms with Gasteiger partial charge in [0.2, 0.25) is 0 Å². The fourth-order valence-corrected chi connectivity index (χ4v) is 5.04. The first-order valence-corrected chi connectivity index (χ1v) is 11.5. The molecule has 0 radical (unpaired) electrons. The lowest BCUT2D eigenvalue weighted by molar-refractivity contribution is 0.0691. The molecule has 1 aliphatic carbocycles. The SMILES string of the molecule is Cc1c(-c2ccc(F)cc2)oc2c([C@@H](C)Nc3ccc(F)c(F)c3C(=O)O)c3c(cc2c1=O)CCC3. The largest absolute Gasteiger partial charge is 0.478 e. The van der Waals surface area contributed by atoms with E-state index in [9.17, 15) is 27.9 Å². The Balaban J connectivity index is 1.73. The van der Waals surface area contributed by atoms with Gasteiger partial charge < -0.3 is 14.8 Å². The van der Waals surface area contributed by atoms with Gasteiger partial charge in [-0.3, -0.25) is 4.79 Å². The first-order chi connectivity index (χ1) is 17.2. The minimum atomic E-state index is -1.61. The van der Waals surface area contributed by atoms with Crippen molar-refractivity contribution in [2.24, 2.45) is 0 Å². The molecule has 0 amide bonds. The number of carbonyl (C=O) groups is 1. The molecule has 4 aromatic rings. The van der Waals surface area contributed by atoms with Gasteiger partial charge in [-0.2, -0.15) is 0 Å². The van der Waals surface area contributed by atoms with Crippen LogP contribution in [0.2, 0.25) is 0 Å². The first kappa shape index (κ1) is 23.7. The monoisotopic (exact) mass is 493 g/mol. The van der Waals surface area contributed by atoms with E-state index in [0.29, 0.717) is 33.4 Å². The van der Waals surface area contributed by atoms with Gasteiger partial charge in [-0.15, -0.1) is 0 Å². The van der Waals surface area contributed by atoms with Crippen LogP contribution in [0.5, 0.6) is 0 Å². The van der Waals surface area contributed by atoms with Crippen molar-refractivity contribution in [3.8, 4) is 11.3 Å². The zero-order chi connectivity index (χ0) is 25.7. The van der Waals surface area contributed by atoms with Crippen LogP contribution in [-0.4, -0.2) is 11.1 Å². The normalized spacial score (nSPS) is 13.6. The molecular weight excluding hydrogens is 471 g/mol. The van der Waals surface area contributed by atoms with E-state index < -0.39 is 35.0 Å². The van der Waals surface area contributed by atoms with Crippen LogP contribution in [0.15, 0.2) is 51.7 Å². The molecule has 3 aromatic carbocycles. The molecule has 2 N–H and O–H groups in total. The van der Waals surface area contributed by atoms with E-state index in [4.69, 9.17) is 4.42 Å². The number of rotatable bonds is 5. The van der Waals surface area contributed by atoms with Crippen LogP contribution in [0.25, 0.3) is 22.3 Å². The summed E-state index contributed by atoms with van der Waals surface area (Å²) in [6, 6.07) is 8.88. The quantitative estimate of drug-likeness (QED) is 0.330. The number of aromatic carboxylic acids is 1. The first-order valence-electron chi connectivity index (χ1n) is 11.5. The summed E-state index contributed by atoms with van der Waals surface area (Å²) < 4.78 is 47.9. The standard InChI is InChI=1S/C28H22F3NO4/c1-13-25(33)19-12-16-4-3-5-18(16)22(27(19)36-26(13)15-6-8-17(29)9-7-15)14(2)32-21-11-10-20(30)24(31)23(21)28(34)35/h6-12,14,32H,3-5H2,1-2H3,(H,34,35)/t14-/m1/s1. The van der Waals surface area contributed by atoms with Crippen molar-refractivity contribution in [3.63, 3.8) is 0 Å². The zero-order valence-electron chi connectivity index (χ0n) is 19.5. The van der Waals surface area contributed by atoms with Gasteiger partial charge in [-0.05, 0) is 86.7 Å². The van der Waals surface area contributed by atoms with Crippen molar-refractivity contribution in [1.29, 1.82) is 0 Å². The molecule has 1 aromatic heterocycles. The highest BCUT2D eigenvalue weighted by Crippen LogP contribution is 2.39. The predicted octanol–water partition coefficient (Wildman–Crippen LogP) is 6.55. The zero-order valence-corrected chi connectivity index (χ0v) is 19.5. The number of hydrogen-bond donors (Lipinski definition) is 2. The number of aryl methyl sites for hydroxylation is 1. The maximum atomic E-state index is 14.3. The molecule has 36 heavy (non-hydrogen) atoms. The Hall–Kier alpha value is -4.07. The highest BCUT2D eigenvalue weighted by Gasteiger charge is 2.28. The maximum Gasteiger partial charge on any atom is 0.340 e. The van der Waals surface area contributed by atoms with Crippen molar-refractivity contribution < 1.29 is 27.5 Å². The van der Waals surface area contributed by atoms with E-state index in [2.05, 4.69) is 5.32 Å². The van der Waals surface area contributed by atoms with E-state index in [1.165, 1.54) is 30.3 Å². The van der Waals surface area contributed by atoms with E-state index in [0.717, 1.165) is 36.5 Å². The van der Waals surface area contributed by atoms with Crippen LogP contribution in [0, 0.1) is 24.4 Å². The Bertz CT molecular complexity index is 1590. The molecule has 1 heterocycles. The second kappa shape index (κ2) is 8.86. The third-order valence-electron chi connectivity index (χ3n) is 6.74. The number of fused-ring (bicyclic) bond motifs is 2. The van der Waals surface area contributed by atoms with Gasteiger partial charge in [0.05, 0.1) is 17.1 Å². The van der Waals surface area contributed by atoms with E-state index in [1.807, 2.05) is 6.07 Å². The highest BCUT2D eigenvalue weighted by atomic mass is 19.2. The van der Waals surface area contributed by atoms with Gasteiger partial charge in [0, 0.05) is 16.7 Å². The van der Waals surface area contributed by atoms with Crippen molar-refractivity contribution >= 4 is 22.6 Å². The average Bonchev–Trinajstić information content (AvgIpc) is 3.31. The molecule has 0 fully saturated rings. The van der Waals surface area contributed by atoms with Crippen LogP contribution >= 0.6 is 0 Å². The Morgan fingerprint density at radius 3 is 2.50 bits per heavy atom. The van der Waals surface area contributed by atoms with Crippen LogP contribution in [0.1, 0.15) is 52.0 Å². The molecule has 1 aliphatic rings. The third kappa shape index (κ3) is 3.82. The summed E-state index contributed by atoms with van der Waals surface area (Å²) in [4.78, 5) is 25.1. The van der Waals surface area contributed by atoms with E-state index in [1.54, 1.807) is 13.8 Å². The van der Waals surface area contributed by atoms with Crippen molar-refractivity contribution in [3.05, 3.63) is 98.0 Å². The summed E-state index contributed by atoms with van der Waals surface area (Å²) in [6.45, 7) is 3.40. The smallest absolute Gasteiger partial charge is 0.340 e. The summed E-state index contributed by atoms with van der Waals surface area (Å²) in [5, 5.41) is 12.9. The summed E-state index contributed by atoms with van der Waals surface area (Å²) in [6.07, 6.45) is 2.36. The molecule has 0 aliphatic heterocycles. The van der Waals surface area contributed by atoms with Crippen LogP contribution in [0.4, 0.5) is 18.9 Å². The molecule has 0 saturated carbocycles. The molecule has 5 nitrogen and oxygen atoms in total. The van der Waals surface area contributed by atoms with Crippen molar-refractivity contribution in [1.82, 2.24) is 0 Å². The number of halogens is 3. The lowest BCUT2D eigenvalue weighted by atomic mass is 9.93.